The number of hydrogen-bond donors (Lipinski definition) is 1. The predicted octanol–water partition coefficient (Wildman–Crippen LogP) is 1.93. The minimum absolute atomic E-state index is 0.390. The van der Waals surface area contributed by atoms with Crippen molar-refractivity contribution < 1.29 is 14.6 Å². The first kappa shape index (κ1) is 10.3. The maximum Gasteiger partial charge on any atom is 0.407 e. The molecule has 0 aromatic rings. The van der Waals surface area contributed by atoms with Crippen molar-refractivity contribution >= 4 is 6.09 Å². The Bertz CT molecular complexity index is 280. The smallest absolute Gasteiger partial charge is 0.407 e. The summed E-state index contributed by atoms with van der Waals surface area (Å²) in [6.07, 6.45) is 6.25. The lowest BCUT2D eigenvalue weighted by Crippen LogP contribution is -2.38. The zero-order chi connectivity index (χ0) is 10.9. The van der Waals surface area contributed by atoms with Crippen LogP contribution in [0.3, 0.4) is 0 Å². The number of likely N-dealkylation sites (tertiary alicyclic amines) is 1. The monoisotopic (exact) mass is 211 g/mol. The maximum absolute atomic E-state index is 10.7. The second kappa shape index (κ2) is 3.76. The molecule has 1 aliphatic carbocycles. The summed E-state index contributed by atoms with van der Waals surface area (Å²) < 4.78 is 4.90. The van der Waals surface area contributed by atoms with Gasteiger partial charge >= 0.3 is 6.09 Å². The second-order valence-corrected chi connectivity index (χ2v) is 4.51. The van der Waals surface area contributed by atoms with E-state index < -0.39 is 6.09 Å². The SMILES string of the molecule is CO/C=C/[C@@H]1CC12CCN(C(=O)O)CC2. The molecule has 1 amide bonds. The standard InChI is InChI=1S/C11H17NO3/c1-15-7-2-9-8-11(9)3-5-12(6-4-11)10(13)14/h2,7,9H,3-6,8H2,1H3,(H,13,14)/b7-2+/t9-/m1/s1. The first-order valence-corrected chi connectivity index (χ1v) is 5.35. The number of piperidine rings is 1. The van der Waals surface area contributed by atoms with Crippen LogP contribution in [0.15, 0.2) is 12.3 Å². The van der Waals surface area contributed by atoms with Crippen LogP contribution in [0.5, 0.6) is 0 Å². The molecule has 1 heterocycles. The average Bonchev–Trinajstić information content (AvgIpc) is 2.89. The molecule has 1 N–H and O–H groups in total. The van der Waals surface area contributed by atoms with Gasteiger partial charge in [0.15, 0.2) is 0 Å². The molecule has 15 heavy (non-hydrogen) atoms. The van der Waals surface area contributed by atoms with E-state index >= 15 is 0 Å². The van der Waals surface area contributed by atoms with Crippen LogP contribution in [0.4, 0.5) is 4.79 Å². The van der Waals surface area contributed by atoms with Crippen molar-refractivity contribution in [3.8, 4) is 0 Å². The van der Waals surface area contributed by atoms with Crippen LogP contribution in [0.2, 0.25) is 0 Å². The van der Waals surface area contributed by atoms with Gasteiger partial charge in [0.2, 0.25) is 0 Å². The molecule has 4 nitrogen and oxygen atoms in total. The van der Waals surface area contributed by atoms with E-state index in [0.29, 0.717) is 24.4 Å². The van der Waals surface area contributed by atoms with Crippen LogP contribution in [0.1, 0.15) is 19.3 Å². The van der Waals surface area contributed by atoms with E-state index in [-0.39, 0.29) is 0 Å². The summed E-state index contributed by atoms with van der Waals surface area (Å²) in [5.74, 6) is 0.605. The Labute approximate surface area is 89.5 Å². The predicted molar refractivity (Wildman–Crippen MR) is 55.5 cm³/mol. The third-order valence-electron chi connectivity index (χ3n) is 3.73. The van der Waals surface area contributed by atoms with E-state index in [4.69, 9.17) is 9.84 Å². The van der Waals surface area contributed by atoms with Crippen molar-refractivity contribution in [1.82, 2.24) is 4.90 Å². The highest BCUT2D eigenvalue weighted by Crippen LogP contribution is 2.59. The highest BCUT2D eigenvalue weighted by molar-refractivity contribution is 5.65. The van der Waals surface area contributed by atoms with E-state index in [1.807, 2.05) is 0 Å². The fourth-order valence-electron chi connectivity index (χ4n) is 2.54. The molecular weight excluding hydrogens is 194 g/mol. The highest BCUT2D eigenvalue weighted by Gasteiger charge is 2.53. The Morgan fingerprint density at radius 1 is 1.53 bits per heavy atom. The number of amides is 1. The fraction of sp³-hybridized carbons (Fsp3) is 0.727. The van der Waals surface area contributed by atoms with Crippen molar-refractivity contribution in [3.63, 3.8) is 0 Å². The number of allylic oxidation sites excluding steroid dienone is 1. The van der Waals surface area contributed by atoms with Gasteiger partial charge in [0.25, 0.3) is 0 Å². The molecule has 1 saturated heterocycles. The molecule has 0 aromatic carbocycles. The topological polar surface area (TPSA) is 49.8 Å². The van der Waals surface area contributed by atoms with Crippen LogP contribution >= 0.6 is 0 Å². The van der Waals surface area contributed by atoms with Crippen LogP contribution in [0, 0.1) is 11.3 Å². The number of carbonyl (C=O) groups is 1. The molecule has 4 heteroatoms. The summed E-state index contributed by atoms with van der Waals surface area (Å²) in [6, 6.07) is 0. The van der Waals surface area contributed by atoms with Gasteiger partial charge < -0.3 is 14.7 Å². The maximum atomic E-state index is 10.7. The number of nitrogens with zero attached hydrogens (tertiary/aromatic N) is 1. The minimum atomic E-state index is -0.783. The zero-order valence-corrected chi connectivity index (χ0v) is 8.98. The lowest BCUT2D eigenvalue weighted by molar-refractivity contribution is 0.118. The van der Waals surface area contributed by atoms with Crippen LogP contribution in [0.25, 0.3) is 0 Å². The van der Waals surface area contributed by atoms with Gasteiger partial charge in [-0.2, -0.15) is 0 Å². The van der Waals surface area contributed by atoms with Crippen LogP contribution in [-0.2, 0) is 4.74 Å². The molecule has 0 radical (unpaired) electrons. The van der Waals surface area contributed by atoms with Gasteiger partial charge in [-0.15, -0.1) is 0 Å². The zero-order valence-electron chi connectivity index (χ0n) is 8.98. The van der Waals surface area contributed by atoms with Gasteiger partial charge in [0, 0.05) is 13.1 Å². The highest BCUT2D eigenvalue weighted by atomic mass is 16.5. The first-order valence-electron chi connectivity index (χ1n) is 5.35. The van der Waals surface area contributed by atoms with Gasteiger partial charge in [-0.1, -0.05) is 0 Å². The van der Waals surface area contributed by atoms with Gasteiger partial charge in [-0.25, -0.2) is 4.79 Å². The Morgan fingerprint density at radius 2 is 2.20 bits per heavy atom. The van der Waals surface area contributed by atoms with E-state index in [1.165, 1.54) is 11.3 Å². The Balaban J connectivity index is 1.85. The van der Waals surface area contributed by atoms with Crippen LogP contribution < -0.4 is 0 Å². The molecule has 2 rings (SSSR count). The Morgan fingerprint density at radius 3 is 2.73 bits per heavy atom. The van der Waals surface area contributed by atoms with Crippen molar-refractivity contribution in [1.29, 1.82) is 0 Å². The summed E-state index contributed by atoms with van der Waals surface area (Å²) in [6.45, 7) is 1.37. The molecule has 1 spiro atoms. The summed E-state index contributed by atoms with van der Waals surface area (Å²) in [5.41, 5.74) is 0.390. The molecule has 0 aromatic heterocycles. The lowest BCUT2D eigenvalue weighted by Gasteiger charge is -2.30. The molecule has 2 fully saturated rings. The normalized spacial score (nSPS) is 28.3. The van der Waals surface area contributed by atoms with Crippen LogP contribution in [-0.4, -0.2) is 36.3 Å². The molecule has 1 saturated carbocycles. The second-order valence-electron chi connectivity index (χ2n) is 4.51. The van der Waals surface area contributed by atoms with Crippen molar-refractivity contribution in [2.24, 2.45) is 11.3 Å². The largest absolute Gasteiger partial charge is 0.505 e. The number of hydrogen-bond acceptors (Lipinski definition) is 2. The van der Waals surface area contributed by atoms with Crippen molar-refractivity contribution in [2.75, 3.05) is 20.2 Å². The number of rotatable bonds is 2. The fourth-order valence-corrected chi connectivity index (χ4v) is 2.54. The third-order valence-corrected chi connectivity index (χ3v) is 3.73. The number of carboxylic acid groups (broad SMARTS) is 1. The van der Waals surface area contributed by atoms with E-state index in [2.05, 4.69) is 6.08 Å². The molecular formula is C11H17NO3. The van der Waals surface area contributed by atoms with E-state index in [1.54, 1.807) is 13.4 Å². The molecule has 2 aliphatic rings. The summed E-state index contributed by atoms with van der Waals surface area (Å²) in [7, 11) is 1.65. The number of ether oxygens (including phenoxy) is 1. The first-order chi connectivity index (χ1) is 7.18. The summed E-state index contributed by atoms with van der Waals surface area (Å²) in [5, 5.41) is 8.83. The molecule has 1 aliphatic heterocycles. The average molecular weight is 211 g/mol. The van der Waals surface area contributed by atoms with Gasteiger partial charge in [0.1, 0.15) is 0 Å². The van der Waals surface area contributed by atoms with E-state index in [9.17, 15) is 4.79 Å². The Kier molecular flexibility index (Phi) is 2.59. The van der Waals surface area contributed by atoms with Gasteiger partial charge in [0.05, 0.1) is 13.4 Å². The van der Waals surface area contributed by atoms with Crippen molar-refractivity contribution in [2.45, 2.75) is 19.3 Å². The number of methoxy groups -OCH3 is 1. The molecule has 1 atom stereocenters. The lowest BCUT2D eigenvalue weighted by atomic mass is 9.91. The van der Waals surface area contributed by atoms with Gasteiger partial charge in [-0.05, 0) is 36.7 Å². The molecule has 0 unspecified atom stereocenters. The Hall–Kier alpha value is -1.19. The quantitative estimate of drug-likeness (QED) is 0.710. The summed E-state index contributed by atoms with van der Waals surface area (Å²) in [4.78, 5) is 12.2. The molecule has 0 bridgehead atoms. The summed E-state index contributed by atoms with van der Waals surface area (Å²) >= 11 is 0. The minimum Gasteiger partial charge on any atom is -0.505 e. The third kappa shape index (κ3) is 1.94. The van der Waals surface area contributed by atoms with Crippen molar-refractivity contribution in [3.05, 3.63) is 12.3 Å². The van der Waals surface area contributed by atoms with Gasteiger partial charge in [-0.3, -0.25) is 0 Å². The van der Waals surface area contributed by atoms with E-state index in [0.717, 1.165) is 12.8 Å². The molecule has 84 valence electrons.